The smallest absolute Gasteiger partial charge is 0.241 e. The summed E-state index contributed by atoms with van der Waals surface area (Å²) in [5.74, 6) is 5.94. The van der Waals surface area contributed by atoms with Crippen LogP contribution in [0.25, 0.3) is 0 Å². The minimum Gasteiger partial charge on any atom is -0.312 e. The highest BCUT2D eigenvalue weighted by molar-refractivity contribution is 7.89. The second-order valence-electron chi connectivity index (χ2n) is 6.67. The quantitative estimate of drug-likeness (QED) is 0.790. The Labute approximate surface area is 166 Å². The molecule has 5 nitrogen and oxygen atoms in total. The van der Waals surface area contributed by atoms with Crippen LogP contribution in [0, 0.1) is 11.8 Å². The normalized spacial score (nSPS) is 14.5. The van der Waals surface area contributed by atoms with Gasteiger partial charge in [-0.05, 0) is 61.2 Å². The Morgan fingerprint density at radius 3 is 2.39 bits per heavy atom. The van der Waals surface area contributed by atoms with Crippen LogP contribution in [0.3, 0.4) is 0 Å². The van der Waals surface area contributed by atoms with Crippen LogP contribution < -0.4 is 9.62 Å². The number of sulfonamides is 1. The minimum absolute atomic E-state index is 0.0320. The van der Waals surface area contributed by atoms with Crippen LogP contribution in [0.1, 0.15) is 37.3 Å². The van der Waals surface area contributed by atoms with Gasteiger partial charge in [0.25, 0.3) is 0 Å². The van der Waals surface area contributed by atoms with Gasteiger partial charge in [-0.25, -0.2) is 8.42 Å². The number of nitrogens with zero attached hydrogens (tertiary/aromatic N) is 1. The van der Waals surface area contributed by atoms with Crippen molar-refractivity contribution in [3.8, 4) is 11.8 Å². The number of hydrogen-bond donors (Lipinski definition) is 1. The number of hydrogen-bond acceptors (Lipinski definition) is 3. The lowest BCUT2D eigenvalue weighted by atomic mass is 10.1. The average Bonchev–Trinajstić information content (AvgIpc) is 2.72. The third-order valence-corrected chi connectivity index (χ3v) is 6.14. The summed E-state index contributed by atoms with van der Waals surface area (Å²) in [5.41, 5.74) is 2.75. The van der Waals surface area contributed by atoms with E-state index in [0.717, 1.165) is 42.6 Å². The van der Waals surface area contributed by atoms with Crippen LogP contribution in [-0.4, -0.2) is 27.4 Å². The highest BCUT2D eigenvalue weighted by Gasteiger charge is 2.19. The van der Waals surface area contributed by atoms with Crippen molar-refractivity contribution in [2.45, 2.75) is 37.5 Å². The molecule has 0 atom stereocenters. The van der Waals surface area contributed by atoms with Gasteiger partial charge in [-0.2, -0.15) is 4.72 Å². The maximum atomic E-state index is 12.3. The van der Waals surface area contributed by atoms with E-state index < -0.39 is 10.0 Å². The van der Waals surface area contributed by atoms with Crippen LogP contribution in [0.15, 0.2) is 53.4 Å². The van der Waals surface area contributed by atoms with Crippen molar-refractivity contribution >= 4 is 21.6 Å². The van der Waals surface area contributed by atoms with Gasteiger partial charge < -0.3 is 4.90 Å². The van der Waals surface area contributed by atoms with Gasteiger partial charge in [0.15, 0.2) is 0 Å². The molecular weight excluding hydrogens is 372 g/mol. The second kappa shape index (κ2) is 9.05. The van der Waals surface area contributed by atoms with Crippen molar-refractivity contribution < 1.29 is 13.2 Å². The fourth-order valence-corrected chi connectivity index (χ4v) is 3.99. The van der Waals surface area contributed by atoms with E-state index in [1.807, 2.05) is 43.3 Å². The molecule has 2 aromatic carbocycles. The van der Waals surface area contributed by atoms with Gasteiger partial charge in [0, 0.05) is 24.2 Å². The SMILES string of the molecule is CCc1ccc(S(=O)(=O)NCC#Cc2ccc(N3CCCCC3=O)cc2)cc1. The molecule has 1 heterocycles. The Kier molecular flexibility index (Phi) is 6.50. The topological polar surface area (TPSA) is 66.5 Å². The number of carbonyl (C=O) groups is 1. The number of nitrogens with one attached hydrogen (secondary N) is 1. The molecule has 146 valence electrons. The highest BCUT2D eigenvalue weighted by Crippen LogP contribution is 2.21. The predicted molar refractivity (Wildman–Crippen MR) is 111 cm³/mol. The van der Waals surface area contributed by atoms with Crippen molar-refractivity contribution in [1.29, 1.82) is 0 Å². The Morgan fingerprint density at radius 2 is 1.75 bits per heavy atom. The van der Waals surface area contributed by atoms with Gasteiger partial charge >= 0.3 is 0 Å². The third kappa shape index (κ3) is 5.00. The molecule has 28 heavy (non-hydrogen) atoms. The Morgan fingerprint density at radius 1 is 1.04 bits per heavy atom. The monoisotopic (exact) mass is 396 g/mol. The lowest BCUT2D eigenvalue weighted by molar-refractivity contribution is -0.119. The molecule has 0 unspecified atom stereocenters. The Bertz CT molecular complexity index is 985. The van der Waals surface area contributed by atoms with Crippen molar-refractivity contribution in [3.63, 3.8) is 0 Å². The predicted octanol–water partition coefficient (Wildman–Crippen LogP) is 3.10. The Hall–Kier alpha value is -2.62. The molecule has 0 bridgehead atoms. The molecule has 1 N–H and O–H groups in total. The van der Waals surface area contributed by atoms with E-state index in [1.54, 1.807) is 17.0 Å². The molecule has 0 aliphatic carbocycles. The van der Waals surface area contributed by atoms with Crippen LogP contribution in [0.2, 0.25) is 0 Å². The lowest BCUT2D eigenvalue weighted by Crippen LogP contribution is -2.35. The summed E-state index contributed by atoms with van der Waals surface area (Å²) in [4.78, 5) is 14.0. The zero-order valence-electron chi connectivity index (χ0n) is 15.9. The first-order valence-corrected chi connectivity index (χ1v) is 11.0. The molecule has 2 aromatic rings. The van der Waals surface area contributed by atoms with Crippen LogP contribution in [-0.2, 0) is 21.2 Å². The Balaban J connectivity index is 1.58. The van der Waals surface area contributed by atoms with E-state index >= 15 is 0 Å². The van der Waals surface area contributed by atoms with Crippen molar-refractivity contribution in [3.05, 3.63) is 59.7 Å². The number of rotatable bonds is 5. The summed E-state index contributed by atoms with van der Waals surface area (Å²) in [6.07, 6.45) is 3.44. The van der Waals surface area contributed by atoms with E-state index in [0.29, 0.717) is 6.42 Å². The first kappa shape index (κ1) is 20.1. The highest BCUT2D eigenvalue weighted by atomic mass is 32.2. The van der Waals surface area contributed by atoms with E-state index in [2.05, 4.69) is 16.6 Å². The molecule has 0 saturated carbocycles. The third-order valence-electron chi connectivity index (χ3n) is 4.73. The molecule has 0 radical (unpaired) electrons. The molecule has 1 amide bonds. The zero-order chi connectivity index (χ0) is 20.0. The summed E-state index contributed by atoms with van der Waals surface area (Å²) >= 11 is 0. The van der Waals surface area contributed by atoms with Gasteiger partial charge in [-0.15, -0.1) is 0 Å². The number of carbonyl (C=O) groups excluding carboxylic acids is 1. The van der Waals surface area contributed by atoms with Gasteiger partial charge in [-0.3, -0.25) is 4.79 Å². The molecule has 3 rings (SSSR count). The van der Waals surface area contributed by atoms with Gasteiger partial charge in [-0.1, -0.05) is 30.9 Å². The number of amides is 1. The average molecular weight is 397 g/mol. The van der Waals surface area contributed by atoms with Crippen LogP contribution in [0.4, 0.5) is 5.69 Å². The maximum Gasteiger partial charge on any atom is 0.241 e. The number of piperidine rings is 1. The molecule has 0 aromatic heterocycles. The summed E-state index contributed by atoms with van der Waals surface area (Å²) in [5, 5.41) is 0. The van der Waals surface area contributed by atoms with Crippen molar-refractivity contribution in [2.75, 3.05) is 18.0 Å². The fourth-order valence-electron chi connectivity index (χ4n) is 3.07. The number of anilines is 1. The van der Waals surface area contributed by atoms with E-state index in [4.69, 9.17) is 0 Å². The maximum absolute atomic E-state index is 12.3. The van der Waals surface area contributed by atoms with Crippen LogP contribution >= 0.6 is 0 Å². The first-order valence-electron chi connectivity index (χ1n) is 9.47. The minimum atomic E-state index is -3.56. The van der Waals surface area contributed by atoms with Crippen molar-refractivity contribution in [1.82, 2.24) is 4.72 Å². The van der Waals surface area contributed by atoms with Gasteiger partial charge in [0.2, 0.25) is 15.9 Å². The molecular formula is C22H24N2O3S. The standard InChI is InChI=1S/C22H24N2O3S/c1-2-18-10-14-21(15-11-18)28(26,27)23-16-5-6-19-8-12-20(13-9-19)24-17-4-3-7-22(24)25/h8-15,23H,2-4,7,16-17H2,1H3. The van der Waals surface area contributed by atoms with E-state index in [-0.39, 0.29) is 17.3 Å². The molecule has 1 fully saturated rings. The summed E-state index contributed by atoms with van der Waals surface area (Å²) < 4.78 is 27.1. The molecule has 1 saturated heterocycles. The summed E-state index contributed by atoms with van der Waals surface area (Å²) in [6, 6.07) is 14.3. The lowest BCUT2D eigenvalue weighted by Gasteiger charge is -2.26. The van der Waals surface area contributed by atoms with E-state index in [9.17, 15) is 13.2 Å². The molecule has 0 spiro atoms. The number of aryl methyl sites for hydroxylation is 1. The van der Waals surface area contributed by atoms with Gasteiger partial charge in [0.05, 0.1) is 11.4 Å². The summed E-state index contributed by atoms with van der Waals surface area (Å²) in [6.45, 7) is 2.81. The first-order chi connectivity index (χ1) is 13.5. The van der Waals surface area contributed by atoms with Gasteiger partial charge in [0.1, 0.15) is 0 Å². The van der Waals surface area contributed by atoms with E-state index in [1.165, 1.54) is 0 Å². The largest absolute Gasteiger partial charge is 0.312 e. The van der Waals surface area contributed by atoms with Crippen molar-refractivity contribution in [2.24, 2.45) is 0 Å². The number of benzene rings is 2. The molecule has 6 heteroatoms. The summed E-state index contributed by atoms with van der Waals surface area (Å²) in [7, 11) is -3.56. The second-order valence-corrected chi connectivity index (χ2v) is 8.44. The zero-order valence-corrected chi connectivity index (χ0v) is 16.8. The fraction of sp³-hybridized carbons (Fsp3) is 0.318. The molecule has 1 aliphatic heterocycles. The van der Waals surface area contributed by atoms with Crippen LogP contribution in [0.5, 0.6) is 0 Å². The molecule has 1 aliphatic rings.